The number of ether oxygens (including phenoxy) is 3. The van der Waals surface area contributed by atoms with Crippen LogP contribution in [0, 0.1) is 0 Å². The van der Waals surface area contributed by atoms with Gasteiger partial charge in [0, 0.05) is 22.8 Å². The SMILES string of the molecule is CCCOc1ccc(/C=C/C(=O)OCc2cc(=O)n3cc(Br)ccc3n2)cc1OCC. The van der Waals surface area contributed by atoms with E-state index in [1.807, 2.05) is 32.0 Å². The fraction of sp³-hybridized carbons (Fsp3) is 0.261. The highest BCUT2D eigenvalue weighted by molar-refractivity contribution is 9.10. The molecule has 2 heterocycles. The van der Waals surface area contributed by atoms with Gasteiger partial charge in [0.15, 0.2) is 11.5 Å². The smallest absolute Gasteiger partial charge is 0.331 e. The minimum absolute atomic E-state index is 0.0982. The molecule has 7 nitrogen and oxygen atoms in total. The summed E-state index contributed by atoms with van der Waals surface area (Å²) in [6.45, 7) is 4.94. The third-order valence-corrected chi connectivity index (χ3v) is 4.65. The van der Waals surface area contributed by atoms with Crippen LogP contribution in [0.1, 0.15) is 31.5 Å². The number of carbonyl (C=O) groups is 1. The Labute approximate surface area is 188 Å². The van der Waals surface area contributed by atoms with E-state index in [9.17, 15) is 9.59 Å². The van der Waals surface area contributed by atoms with Crippen molar-refractivity contribution in [2.45, 2.75) is 26.9 Å². The maximum atomic E-state index is 12.2. The van der Waals surface area contributed by atoms with Crippen LogP contribution in [0.5, 0.6) is 11.5 Å². The van der Waals surface area contributed by atoms with Gasteiger partial charge in [-0.05, 0) is 65.2 Å². The number of benzene rings is 1. The largest absolute Gasteiger partial charge is 0.490 e. The van der Waals surface area contributed by atoms with Gasteiger partial charge in [-0.15, -0.1) is 0 Å². The van der Waals surface area contributed by atoms with Gasteiger partial charge in [0.25, 0.3) is 5.56 Å². The summed E-state index contributed by atoms with van der Waals surface area (Å²) in [6, 6.07) is 10.3. The first kappa shape index (κ1) is 22.6. The fourth-order valence-electron chi connectivity index (χ4n) is 2.79. The van der Waals surface area contributed by atoms with E-state index in [2.05, 4.69) is 20.9 Å². The third-order valence-electron chi connectivity index (χ3n) is 4.18. The van der Waals surface area contributed by atoms with Gasteiger partial charge in [0.1, 0.15) is 12.3 Å². The average Bonchev–Trinajstić information content (AvgIpc) is 2.76. The molecule has 0 saturated carbocycles. The quantitative estimate of drug-likeness (QED) is 0.329. The molecule has 0 atom stereocenters. The Hall–Kier alpha value is -3.13. The van der Waals surface area contributed by atoms with E-state index in [0.29, 0.717) is 36.1 Å². The standard InChI is InChI=1S/C23H23BrN2O5/c1-3-11-30-19-8-5-16(12-20(19)29-4-2)6-10-23(28)31-15-18-13-22(27)26-14-17(24)7-9-21(26)25-18/h5-10,12-14H,3-4,11,15H2,1-2H3/b10-6+. The van der Waals surface area contributed by atoms with E-state index < -0.39 is 5.97 Å². The van der Waals surface area contributed by atoms with Crippen LogP contribution in [0.25, 0.3) is 11.7 Å². The van der Waals surface area contributed by atoms with Crippen LogP contribution in [-0.4, -0.2) is 28.6 Å². The fourth-order valence-corrected chi connectivity index (χ4v) is 3.12. The van der Waals surface area contributed by atoms with Crippen molar-refractivity contribution in [2.75, 3.05) is 13.2 Å². The molecule has 0 aliphatic rings. The molecule has 0 saturated heterocycles. The second-order valence-electron chi connectivity index (χ2n) is 6.59. The normalized spacial score (nSPS) is 11.1. The molecule has 3 aromatic rings. The van der Waals surface area contributed by atoms with Gasteiger partial charge in [-0.2, -0.15) is 0 Å². The molecule has 0 unspecified atom stereocenters. The van der Waals surface area contributed by atoms with Crippen molar-refractivity contribution in [2.24, 2.45) is 0 Å². The zero-order valence-corrected chi connectivity index (χ0v) is 18.9. The molecule has 0 spiro atoms. The Bertz CT molecular complexity index is 1160. The van der Waals surface area contributed by atoms with Crippen molar-refractivity contribution in [3.8, 4) is 11.5 Å². The summed E-state index contributed by atoms with van der Waals surface area (Å²) in [4.78, 5) is 28.7. The number of rotatable bonds is 9. The number of hydrogen-bond acceptors (Lipinski definition) is 6. The number of aromatic nitrogens is 2. The van der Waals surface area contributed by atoms with E-state index in [4.69, 9.17) is 14.2 Å². The zero-order chi connectivity index (χ0) is 22.2. The predicted molar refractivity (Wildman–Crippen MR) is 121 cm³/mol. The minimum atomic E-state index is -0.540. The molecule has 3 rings (SSSR count). The lowest BCUT2D eigenvalue weighted by Gasteiger charge is -2.12. The van der Waals surface area contributed by atoms with Gasteiger partial charge in [-0.3, -0.25) is 9.20 Å². The van der Waals surface area contributed by atoms with Crippen LogP contribution in [0.3, 0.4) is 0 Å². The van der Waals surface area contributed by atoms with E-state index in [1.165, 1.54) is 16.5 Å². The maximum Gasteiger partial charge on any atom is 0.331 e. The first-order valence-electron chi connectivity index (χ1n) is 9.92. The van der Waals surface area contributed by atoms with E-state index in [1.54, 1.807) is 24.4 Å². The van der Waals surface area contributed by atoms with Gasteiger partial charge in [0.05, 0.1) is 18.9 Å². The van der Waals surface area contributed by atoms with Gasteiger partial charge in [-0.1, -0.05) is 13.0 Å². The van der Waals surface area contributed by atoms with Crippen LogP contribution in [-0.2, 0) is 16.1 Å². The number of hydrogen-bond donors (Lipinski definition) is 0. The van der Waals surface area contributed by atoms with Crippen molar-refractivity contribution in [3.05, 3.63) is 74.8 Å². The molecule has 1 aromatic carbocycles. The molecule has 31 heavy (non-hydrogen) atoms. The van der Waals surface area contributed by atoms with E-state index >= 15 is 0 Å². The van der Waals surface area contributed by atoms with Crippen LogP contribution in [0.2, 0.25) is 0 Å². The molecule has 2 aromatic heterocycles. The van der Waals surface area contributed by atoms with Crippen molar-refractivity contribution in [1.82, 2.24) is 9.38 Å². The predicted octanol–water partition coefficient (Wildman–Crippen LogP) is 4.40. The number of nitrogens with zero attached hydrogens (tertiary/aromatic N) is 2. The second-order valence-corrected chi connectivity index (χ2v) is 7.51. The third kappa shape index (κ3) is 6.18. The molecule has 0 amide bonds. The summed E-state index contributed by atoms with van der Waals surface area (Å²) in [6.07, 6.45) is 5.49. The molecule has 0 aliphatic carbocycles. The highest BCUT2D eigenvalue weighted by Gasteiger charge is 2.07. The summed E-state index contributed by atoms with van der Waals surface area (Å²) in [5.41, 5.74) is 1.38. The maximum absolute atomic E-state index is 12.2. The molecule has 0 radical (unpaired) electrons. The molecular weight excluding hydrogens is 464 g/mol. The Morgan fingerprint density at radius 2 is 1.97 bits per heavy atom. The lowest BCUT2D eigenvalue weighted by molar-refractivity contribution is -0.139. The molecule has 162 valence electrons. The summed E-state index contributed by atoms with van der Waals surface area (Å²) in [5, 5.41) is 0. The Kier molecular flexibility index (Phi) is 7.83. The number of halogens is 1. The van der Waals surface area contributed by atoms with Crippen molar-refractivity contribution in [3.63, 3.8) is 0 Å². The summed E-state index contributed by atoms with van der Waals surface area (Å²) in [5.74, 6) is 0.755. The molecule has 8 heteroatoms. The minimum Gasteiger partial charge on any atom is -0.490 e. The summed E-state index contributed by atoms with van der Waals surface area (Å²) < 4.78 is 18.7. The van der Waals surface area contributed by atoms with Crippen molar-refractivity contribution >= 4 is 33.6 Å². The lowest BCUT2D eigenvalue weighted by atomic mass is 10.2. The molecule has 0 aliphatic heterocycles. The van der Waals surface area contributed by atoms with Crippen molar-refractivity contribution < 1.29 is 19.0 Å². The van der Waals surface area contributed by atoms with Crippen LogP contribution in [0.4, 0.5) is 0 Å². The van der Waals surface area contributed by atoms with E-state index in [-0.39, 0.29) is 12.2 Å². The first-order valence-corrected chi connectivity index (χ1v) is 10.7. The lowest BCUT2D eigenvalue weighted by Crippen LogP contribution is -2.16. The molecule has 0 bridgehead atoms. The highest BCUT2D eigenvalue weighted by atomic mass is 79.9. The Morgan fingerprint density at radius 3 is 2.74 bits per heavy atom. The van der Waals surface area contributed by atoms with Crippen molar-refractivity contribution in [1.29, 1.82) is 0 Å². The van der Waals surface area contributed by atoms with Gasteiger partial charge in [0.2, 0.25) is 0 Å². The molecular formula is C23H23BrN2O5. The van der Waals surface area contributed by atoms with E-state index in [0.717, 1.165) is 16.5 Å². The summed E-state index contributed by atoms with van der Waals surface area (Å²) >= 11 is 3.32. The Morgan fingerprint density at radius 1 is 1.13 bits per heavy atom. The van der Waals surface area contributed by atoms with Crippen LogP contribution in [0.15, 0.2) is 57.9 Å². The number of fused-ring (bicyclic) bond motifs is 1. The molecule has 0 fully saturated rings. The van der Waals surface area contributed by atoms with Gasteiger partial charge < -0.3 is 14.2 Å². The van der Waals surface area contributed by atoms with Gasteiger partial charge in [-0.25, -0.2) is 9.78 Å². The number of carbonyl (C=O) groups excluding carboxylic acids is 1. The van der Waals surface area contributed by atoms with Gasteiger partial charge >= 0.3 is 5.97 Å². The number of pyridine rings is 1. The monoisotopic (exact) mass is 486 g/mol. The van der Waals surface area contributed by atoms with Crippen LogP contribution >= 0.6 is 15.9 Å². The average molecular weight is 487 g/mol. The number of esters is 1. The molecule has 0 N–H and O–H groups in total. The van der Waals surface area contributed by atoms with Crippen LogP contribution < -0.4 is 15.0 Å². The topological polar surface area (TPSA) is 79.1 Å². The zero-order valence-electron chi connectivity index (χ0n) is 17.3. The first-order chi connectivity index (χ1) is 15.0. The second kappa shape index (κ2) is 10.8. The Balaban J connectivity index is 1.65. The highest BCUT2D eigenvalue weighted by Crippen LogP contribution is 2.29. The summed E-state index contributed by atoms with van der Waals surface area (Å²) in [7, 11) is 0.